The van der Waals surface area contributed by atoms with Gasteiger partial charge in [-0.1, -0.05) is 24.6 Å². The standard InChI is InChI=1S/C20H26N2O4S/c1-14(2)26-19-11-9-17(10-12-19)21-20(23)16(4)13-27(24,25)22-18-7-5-15(3)6-8-18/h5-12,14,16,22H,13H2,1-4H3,(H,21,23). The van der Waals surface area contributed by atoms with Gasteiger partial charge >= 0.3 is 0 Å². The Bertz CT molecular complexity index is 860. The predicted octanol–water partition coefficient (Wildman–Crippen LogP) is 3.80. The summed E-state index contributed by atoms with van der Waals surface area (Å²) in [4.78, 5) is 12.3. The largest absolute Gasteiger partial charge is 0.491 e. The Balaban J connectivity index is 1.93. The highest BCUT2D eigenvalue weighted by molar-refractivity contribution is 7.92. The van der Waals surface area contributed by atoms with Crippen molar-refractivity contribution in [2.45, 2.75) is 33.8 Å². The van der Waals surface area contributed by atoms with Crippen LogP contribution in [-0.4, -0.2) is 26.2 Å². The monoisotopic (exact) mass is 390 g/mol. The Morgan fingerprint density at radius 2 is 1.52 bits per heavy atom. The molecule has 27 heavy (non-hydrogen) atoms. The molecule has 6 nitrogen and oxygen atoms in total. The molecule has 0 bridgehead atoms. The number of anilines is 2. The Kier molecular flexibility index (Phi) is 6.85. The fourth-order valence-corrected chi connectivity index (χ4v) is 3.79. The van der Waals surface area contributed by atoms with Crippen molar-refractivity contribution >= 4 is 27.3 Å². The number of hydrogen-bond acceptors (Lipinski definition) is 4. The molecular weight excluding hydrogens is 364 g/mol. The first-order valence-corrected chi connectivity index (χ1v) is 10.4. The van der Waals surface area contributed by atoms with Crippen molar-refractivity contribution in [3.05, 3.63) is 54.1 Å². The first-order valence-electron chi connectivity index (χ1n) is 8.79. The fourth-order valence-electron chi connectivity index (χ4n) is 2.40. The summed E-state index contributed by atoms with van der Waals surface area (Å²) in [5.74, 6) is -0.663. The summed E-state index contributed by atoms with van der Waals surface area (Å²) >= 11 is 0. The molecule has 0 fully saturated rings. The highest BCUT2D eigenvalue weighted by Crippen LogP contribution is 2.18. The van der Waals surface area contributed by atoms with E-state index in [0.717, 1.165) is 5.56 Å². The molecule has 0 aromatic heterocycles. The maximum absolute atomic E-state index is 12.3. The summed E-state index contributed by atoms with van der Waals surface area (Å²) in [5, 5.41) is 2.73. The molecular formula is C20H26N2O4S. The van der Waals surface area contributed by atoms with E-state index in [9.17, 15) is 13.2 Å². The van der Waals surface area contributed by atoms with Crippen LogP contribution in [0.25, 0.3) is 0 Å². The molecule has 0 saturated carbocycles. The number of amides is 1. The van der Waals surface area contributed by atoms with Gasteiger partial charge in [0.25, 0.3) is 0 Å². The van der Waals surface area contributed by atoms with Gasteiger partial charge in [-0.05, 0) is 57.2 Å². The normalized spacial score (nSPS) is 12.5. The quantitative estimate of drug-likeness (QED) is 0.718. The van der Waals surface area contributed by atoms with Gasteiger partial charge in [0.05, 0.1) is 17.8 Å². The zero-order chi connectivity index (χ0) is 20.0. The molecule has 7 heteroatoms. The first kappa shape index (κ1) is 20.8. The lowest BCUT2D eigenvalue weighted by Gasteiger charge is -2.15. The van der Waals surface area contributed by atoms with Crippen LogP contribution in [0.5, 0.6) is 5.75 Å². The summed E-state index contributed by atoms with van der Waals surface area (Å²) in [7, 11) is -3.64. The van der Waals surface area contributed by atoms with Crippen molar-refractivity contribution < 1.29 is 17.9 Å². The second-order valence-corrected chi connectivity index (χ2v) is 8.60. The number of carbonyl (C=O) groups excluding carboxylic acids is 1. The number of sulfonamides is 1. The average Bonchev–Trinajstić information content (AvgIpc) is 2.57. The van der Waals surface area contributed by atoms with Gasteiger partial charge in [0.1, 0.15) is 5.75 Å². The minimum Gasteiger partial charge on any atom is -0.491 e. The molecule has 1 unspecified atom stereocenters. The van der Waals surface area contributed by atoms with Gasteiger partial charge in [-0.3, -0.25) is 9.52 Å². The van der Waals surface area contributed by atoms with Crippen LogP contribution in [0, 0.1) is 12.8 Å². The Hall–Kier alpha value is -2.54. The van der Waals surface area contributed by atoms with Crippen molar-refractivity contribution in [3.8, 4) is 5.75 Å². The minimum absolute atomic E-state index is 0.0664. The van der Waals surface area contributed by atoms with Gasteiger partial charge in [-0.25, -0.2) is 8.42 Å². The smallest absolute Gasteiger partial charge is 0.233 e. The van der Waals surface area contributed by atoms with Crippen molar-refractivity contribution in [2.75, 3.05) is 15.8 Å². The van der Waals surface area contributed by atoms with E-state index in [-0.39, 0.29) is 17.8 Å². The summed E-state index contributed by atoms with van der Waals surface area (Å²) in [6, 6.07) is 14.0. The molecule has 146 valence electrons. The molecule has 1 atom stereocenters. The van der Waals surface area contributed by atoms with Gasteiger partial charge in [-0.2, -0.15) is 0 Å². The zero-order valence-corrected chi connectivity index (χ0v) is 16.8. The fraction of sp³-hybridized carbons (Fsp3) is 0.350. The van der Waals surface area contributed by atoms with E-state index < -0.39 is 15.9 Å². The van der Waals surface area contributed by atoms with Gasteiger partial charge in [-0.15, -0.1) is 0 Å². The molecule has 2 N–H and O–H groups in total. The van der Waals surface area contributed by atoms with E-state index in [0.29, 0.717) is 17.1 Å². The highest BCUT2D eigenvalue weighted by atomic mass is 32.2. The van der Waals surface area contributed by atoms with Crippen LogP contribution in [0.3, 0.4) is 0 Å². The van der Waals surface area contributed by atoms with Crippen molar-refractivity contribution in [2.24, 2.45) is 5.92 Å². The number of rotatable bonds is 8. The molecule has 0 heterocycles. The average molecular weight is 391 g/mol. The van der Waals surface area contributed by atoms with Gasteiger partial charge in [0, 0.05) is 11.4 Å². The van der Waals surface area contributed by atoms with Crippen LogP contribution in [0.2, 0.25) is 0 Å². The summed E-state index contributed by atoms with van der Waals surface area (Å²) in [6.45, 7) is 7.37. The van der Waals surface area contributed by atoms with E-state index in [2.05, 4.69) is 10.0 Å². The second-order valence-electron chi connectivity index (χ2n) is 6.83. The SMILES string of the molecule is Cc1ccc(NS(=O)(=O)CC(C)C(=O)Nc2ccc(OC(C)C)cc2)cc1. The number of aryl methyl sites for hydroxylation is 1. The maximum Gasteiger partial charge on any atom is 0.233 e. The van der Waals surface area contributed by atoms with Crippen molar-refractivity contribution in [1.29, 1.82) is 0 Å². The Morgan fingerprint density at radius 1 is 0.963 bits per heavy atom. The summed E-state index contributed by atoms with van der Waals surface area (Å²) in [5.41, 5.74) is 2.11. The molecule has 2 aromatic carbocycles. The maximum atomic E-state index is 12.3. The third-order valence-electron chi connectivity index (χ3n) is 3.74. The molecule has 0 saturated heterocycles. The third kappa shape index (κ3) is 6.94. The van der Waals surface area contributed by atoms with Crippen LogP contribution in [-0.2, 0) is 14.8 Å². The Labute approximate surface area is 161 Å². The Morgan fingerprint density at radius 3 is 2.07 bits per heavy atom. The molecule has 0 aliphatic rings. The van der Waals surface area contributed by atoms with E-state index in [1.807, 2.05) is 32.9 Å². The van der Waals surface area contributed by atoms with Gasteiger partial charge < -0.3 is 10.1 Å². The zero-order valence-electron chi connectivity index (χ0n) is 16.0. The lowest BCUT2D eigenvalue weighted by molar-refractivity contribution is -0.118. The van der Waals surface area contributed by atoms with E-state index in [4.69, 9.17) is 4.74 Å². The van der Waals surface area contributed by atoms with Gasteiger partial charge in [0.2, 0.25) is 15.9 Å². The molecule has 0 radical (unpaired) electrons. The summed E-state index contributed by atoms with van der Waals surface area (Å²) in [6.07, 6.45) is 0.0664. The molecule has 2 aromatic rings. The van der Waals surface area contributed by atoms with Crippen LogP contribution in [0.4, 0.5) is 11.4 Å². The lowest BCUT2D eigenvalue weighted by atomic mass is 10.2. The summed E-state index contributed by atoms with van der Waals surface area (Å²) < 4.78 is 32.6. The van der Waals surface area contributed by atoms with Crippen LogP contribution < -0.4 is 14.8 Å². The van der Waals surface area contributed by atoms with Crippen molar-refractivity contribution in [3.63, 3.8) is 0 Å². The van der Waals surface area contributed by atoms with Crippen LogP contribution >= 0.6 is 0 Å². The van der Waals surface area contributed by atoms with E-state index in [1.54, 1.807) is 43.3 Å². The third-order valence-corrected chi connectivity index (χ3v) is 5.22. The van der Waals surface area contributed by atoms with Crippen LogP contribution in [0.1, 0.15) is 26.3 Å². The molecule has 1 amide bonds. The molecule has 0 spiro atoms. The number of nitrogens with one attached hydrogen (secondary N) is 2. The van der Waals surface area contributed by atoms with Gasteiger partial charge in [0.15, 0.2) is 0 Å². The molecule has 0 aliphatic carbocycles. The molecule has 2 rings (SSSR count). The number of benzene rings is 2. The van der Waals surface area contributed by atoms with E-state index in [1.165, 1.54) is 0 Å². The minimum atomic E-state index is -3.64. The van der Waals surface area contributed by atoms with Crippen LogP contribution in [0.15, 0.2) is 48.5 Å². The van der Waals surface area contributed by atoms with Crippen molar-refractivity contribution in [1.82, 2.24) is 0 Å². The highest BCUT2D eigenvalue weighted by Gasteiger charge is 2.21. The number of ether oxygens (including phenoxy) is 1. The topological polar surface area (TPSA) is 84.5 Å². The first-order chi connectivity index (χ1) is 12.6. The molecule has 0 aliphatic heterocycles. The number of carbonyl (C=O) groups is 1. The lowest BCUT2D eigenvalue weighted by Crippen LogP contribution is -2.29. The van der Waals surface area contributed by atoms with E-state index >= 15 is 0 Å². The second kappa shape index (κ2) is 8.90. The number of hydrogen-bond donors (Lipinski definition) is 2. The predicted molar refractivity (Wildman–Crippen MR) is 109 cm³/mol.